The summed E-state index contributed by atoms with van der Waals surface area (Å²) in [5.74, 6) is 0.133. The van der Waals surface area contributed by atoms with Gasteiger partial charge in [-0.05, 0) is 11.5 Å². The largest absolute Gasteiger partial charge is 1.00 e. The average molecular weight is 389 g/mol. The molecule has 1 heterocycles. The molecule has 0 fully saturated rings. The zero-order valence-electron chi connectivity index (χ0n) is 11.8. The Morgan fingerprint density at radius 1 is 0.952 bits per heavy atom. The Bertz CT molecular complexity index is 769. The van der Waals surface area contributed by atoms with E-state index in [0.717, 1.165) is 16.6 Å². The lowest BCUT2D eigenvalue weighted by Gasteiger charge is -2.03. The normalized spacial score (nSPS) is 10.1. The van der Waals surface area contributed by atoms with Gasteiger partial charge < -0.3 is 24.0 Å². The van der Waals surface area contributed by atoms with E-state index in [1.54, 1.807) is 0 Å². The number of benzene rings is 2. The molecule has 21 heavy (non-hydrogen) atoms. The van der Waals surface area contributed by atoms with Crippen molar-refractivity contribution in [1.29, 1.82) is 0 Å². The van der Waals surface area contributed by atoms with Crippen LogP contribution in [-0.2, 0) is 6.54 Å². The number of aryl methyl sites for hydroxylation is 1. The maximum Gasteiger partial charge on any atom is 0.227 e. The van der Waals surface area contributed by atoms with E-state index in [4.69, 9.17) is 0 Å². The fourth-order valence-corrected chi connectivity index (χ4v) is 2.38. The predicted octanol–water partition coefficient (Wildman–Crippen LogP) is 0.323. The molecule has 3 aromatic rings. The van der Waals surface area contributed by atoms with Gasteiger partial charge in [-0.15, -0.1) is 0 Å². The summed E-state index contributed by atoms with van der Waals surface area (Å²) in [5.41, 5.74) is 1.85. The fraction of sp³-hybridized carbons (Fsp3) is 0.111. The summed E-state index contributed by atoms with van der Waals surface area (Å²) in [6, 6.07) is 19.7. The van der Waals surface area contributed by atoms with Crippen molar-refractivity contribution in [3.8, 4) is 0 Å². The molecule has 0 bridgehead atoms. The van der Waals surface area contributed by atoms with Crippen LogP contribution in [0.4, 0.5) is 0 Å². The van der Waals surface area contributed by atoms with E-state index in [0.29, 0.717) is 6.54 Å². The number of rotatable bonds is 3. The highest BCUT2D eigenvalue weighted by Crippen LogP contribution is 2.12. The molecule has 2 aromatic carbocycles. The number of hydrogen-bond donors (Lipinski definition) is 0. The molecule has 0 aliphatic heterocycles. The van der Waals surface area contributed by atoms with Crippen LogP contribution in [0.2, 0.25) is 0 Å². The summed E-state index contributed by atoms with van der Waals surface area (Å²) < 4.78 is 2.01. The van der Waals surface area contributed by atoms with Gasteiger partial charge >= 0.3 is 0 Å². The number of fused-ring (bicyclic) bond motifs is 1. The number of pyridine rings is 1. The molecular formula is C18H16INO. The van der Waals surface area contributed by atoms with Crippen LogP contribution < -0.4 is 28.5 Å². The molecule has 0 radical (unpaired) electrons. The molecule has 0 N–H and O–H groups in total. The molecular weight excluding hydrogens is 373 g/mol. The van der Waals surface area contributed by atoms with Gasteiger partial charge in [-0.25, -0.2) is 0 Å². The van der Waals surface area contributed by atoms with Gasteiger partial charge in [0.25, 0.3) is 0 Å². The van der Waals surface area contributed by atoms with Crippen molar-refractivity contribution in [2.45, 2.75) is 13.5 Å². The number of ketones is 1. The van der Waals surface area contributed by atoms with Crippen LogP contribution in [0.3, 0.4) is 0 Å². The first-order valence-electron chi connectivity index (χ1n) is 6.71. The van der Waals surface area contributed by atoms with E-state index in [-0.39, 0.29) is 29.8 Å². The second-order valence-corrected chi connectivity index (χ2v) is 4.96. The summed E-state index contributed by atoms with van der Waals surface area (Å²) >= 11 is 0. The third kappa shape index (κ3) is 3.47. The maximum absolute atomic E-state index is 12.3. The van der Waals surface area contributed by atoms with Gasteiger partial charge in [-0.1, -0.05) is 48.5 Å². The Hall–Kier alpha value is -1.75. The zero-order chi connectivity index (χ0) is 13.9. The molecule has 0 saturated heterocycles. The van der Waals surface area contributed by atoms with Crippen molar-refractivity contribution in [2.24, 2.45) is 0 Å². The Labute approximate surface area is 141 Å². The van der Waals surface area contributed by atoms with Crippen LogP contribution in [0, 0.1) is 6.92 Å². The van der Waals surface area contributed by atoms with Crippen molar-refractivity contribution in [3.63, 3.8) is 0 Å². The molecule has 3 heteroatoms. The molecule has 0 saturated carbocycles. The molecule has 0 amide bonds. The van der Waals surface area contributed by atoms with E-state index in [1.165, 1.54) is 5.39 Å². The second-order valence-electron chi connectivity index (χ2n) is 4.96. The highest BCUT2D eigenvalue weighted by atomic mass is 127. The van der Waals surface area contributed by atoms with Crippen LogP contribution in [0.25, 0.3) is 10.8 Å². The SMILES string of the molecule is Cc1cc2ccccc2c[n+]1CC(=O)c1ccccc1.[I-]. The third-order valence-corrected chi connectivity index (χ3v) is 3.52. The second kappa shape index (κ2) is 6.80. The molecule has 1 aromatic heterocycles. The number of carbonyl (C=O) groups excluding carboxylic acids is 1. The van der Waals surface area contributed by atoms with Gasteiger partial charge in [-0.3, -0.25) is 4.79 Å². The Kier molecular flexibility index (Phi) is 5.07. The number of halogens is 1. The Morgan fingerprint density at radius 2 is 1.57 bits per heavy atom. The summed E-state index contributed by atoms with van der Waals surface area (Å²) in [6.07, 6.45) is 2.05. The number of Topliss-reactive ketones (excluding diaryl/α,β-unsaturated/α-hetero) is 1. The average Bonchev–Trinajstić information content (AvgIpc) is 2.49. The predicted molar refractivity (Wildman–Crippen MR) is 79.7 cm³/mol. The minimum atomic E-state index is 0. The van der Waals surface area contributed by atoms with Crippen LogP contribution in [-0.4, -0.2) is 5.78 Å². The first-order valence-corrected chi connectivity index (χ1v) is 6.71. The number of aromatic nitrogens is 1. The van der Waals surface area contributed by atoms with Crippen LogP contribution in [0.1, 0.15) is 16.1 Å². The quantitative estimate of drug-likeness (QED) is 0.359. The number of hydrogen-bond acceptors (Lipinski definition) is 1. The van der Waals surface area contributed by atoms with Crippen molar-refractivity contribution in [2.75, 3.05) is 0 Å². The first kappa shape index (κ1) is 15.6. The van der Waals surface area contributed by atoms with Gasteiger partial charge in [0.15, 0.2) is 11.9 Å². The van der Waals surface area contributed by atoms with Crippen molar-refractivity contribution < 1.29 is 33.3 Å². The van der Waals surface area contributed by atoms with E-state index < -0.39 is 0 Å². The van der Waals surface area contributed by atoms with Crippen molar-refractivity contribution in [3.05, 3.63) is 78.1 Å². The summed E-state index contributed by atoms with van der Waals surface area (Å²) in [7, 11) is 0. The topological polar surface area (TPSA) is 20.9 Å². The summed E-state index contributed by atoms with van der Waals surface area (Å²) in [6.45, 7) is 2.41. The fourth-order valence-electron chi connectivity index (χ4n) is 2.38. The Morgan fingerprint density at radius 3 is 2.29 bits per heavy atom. The molecule has 0 atom stereocenters. The monoisotopic (exact) mass is 389 g/mol. The lowest BCUT2D eigenvalue weighted by Crippen LogP contribution is -3.00. The summed E-state index contributed by atoms with van der Waals surface area (Å²) in [4.78, 5) is 12.3. The number of carbonyl (C=O) groups is 1. The van der Waals surface area contributed by atoms with E-state index >= 15 is 0 Å². The van der Waals surface area contributed by atoms with Crippen molar-refractivity contribution >= 4 is 16.6 Å². The highest BCUT2D eigenvalue weighted by Gasteiger charge is 2.15. The molecule has 3 rings (SSSR count). The third-order valence-electron chi connectivity index (χ3n) is 3.52. The molecule has 0 aliphatic rings. The van der Waals surface area contributed by atoms with E-state index in [2.05, 4.69) is 18.2 Å². The molecule has 0 unspecified atom stereocenters. The van der Waals surface area contributed by atoms with Crippen LogP contribution >= 0.6 is 0 Å². The van der Waals surface area contributed by atoms with E-state index in [1.807, 2.05) is 60.2 Å². The van der Waals surface area contributed by atoms with Gasteiger partial charge in [0.1, 0.15) is 0 Å². The van der Waals surface area contributed by atoms with Gasteiger partial charge in [-0.2, -0.15) is 4.57 Å². The lowest BCUT2D eigenvalue weighted by molar-refractivity contribution is -0.687. The van der Waals surface area contributed by atoms with Gasteiger partial charge in [0, 0.05) is 23.9 Å². The van der Waals surface area contributed by atoms with Crippen LogP contribution in [0.5, 0.6) is 0 Å². The van der Waals surface area contributed by atoms with Crippen LogP contribution in [0.15, 0.2) is 66.9 Å². The minimum absolute atomic E-state index is 0. The van der Waals surface area contributed by atoms with Gasteiger partial charge in [0.05, 0.1) is 0 Å². The van der Waals surface area contributed by atoms with Gasteiger partial charge in [0.2, 0.25) is 12.3 Å². The first-order chi connectivity index (χ1) is 9.74. The molecule has 2 nitrogen and oxygen atoms in total. The highest BCUT2D eigenvalue weighted by molar-refractivity contribution is 5.95. The minimum Gasteiger partial charge on any atom is -1.00 e. The Balaban J connectivity index is 0.00000161. The lowest BCUT2D eigenvalue weighted by atomic mass is 10.1. The zero-order valence-corrected chi connectivity index (χ0v) is 13.9. The molecule has 0 spiro atoms. The van der Waals surface area contributed by atoms with E-state index in [9.17, 15) is 4.79 Å². The molecule has 0 aliphatic carbocycles. The molecule has 106 valence electrons. The standard InChI is InChI=1S/C18H16NO.HI/c1-14-11-16-9-5-6-10-17(16)12-19(14)13-18(20)15-7-3-2-4-8-15;/h2-12H,13H2,1H3;1H/q+1;/p-1. The van der Waals surface area contributed by atoms with Crippen molar-refractivity contribution in [1.82, 2.24) is 0 Å². The maximum atomic E-state index is 12.3. The number of nitrogens with zero attached hydrogens (tertiary/aromatic N) is 1. The smallest absolute Gasteiger partial charge is 0.227 e. The summed E-state index contributed by atoms with van der Waals surface area (Å²) in [5, 5.41) is 2.35.